The number of hydrogen-bond acceptors (Lipinski definition) is 6. The number of anilines is 2. The van der Waals surface area contributed by atoms with Gasteiger partial charge in [-0.05, 0) is 42.5 Å². The Balaban J connectivity index is 1.46. The third-order valence-corrected chi connectivity index (χ3v) is 6.04. The first-order valence-electron chi connectivity index (χ1n) is 11.2. The number of imidazole rings is 2. The molecule has 35 heavy (non-hydrogen) atoms. The largest absolute Gasteiger partial charge is 0.378 e. The highest BCUT2D eigenvalue weighted by molar-refractivity contribution is 5.80. The minimum absolute atomic E-state index is 0.249. The van der Waals surface area contributed by atoms with Crippen LogP contribution in [0, 0.1) is 0 Å². The predicted octanol–water partition coefficient (Wildman–Crippen LogP) is 3.59. The van der Waals surface area contributed by atoms with Crippen LogP contribution < -0.4 is 15.9 Å². The molecule has 10 heteroatoms. The molecule has 0 radical (unpaired) electrons. The van der Waals surface area contributed by atoms with E-state index < -0.39 is 0 Å². The molecule has 3 heterocycles. The van der Waals surface area contributed by atoms with E-state index in [4.69, 9.17) is 0 Å². The highest BCUT2D eigenvalue weighted by atomic mass is 16.1. The molecule has 10 nitrogen and oxygen atoms in total. The van der Waals surface area contributed by atoms with Crippen molar-refractivity contribution in [1.82, 2.24) is 34.5 Å². The maximum atomic E-state index is 13.3. The zero-order valence-electron chi connectivity index (χ0n) is 19.2. The van der Waals surface area contributed by atoms with Gasteiger partial charge in [0.25, 0.3) is 0 Å². The molecule has 0 spiro atoms. The molecule has 3 N–H and O–H groups in total. The van der Waals surface area contributed by atoms with Crippen molar-refractivity contribution in [3.63, 3.8) is 0 Å². The smallest absolute Gasteiger partial charge is 0.332 e. The quantitative estimate of drug-likeness (QED) is 0.347. The van der Waals surface area contributed by atoms with Crippen molar-refractivity contribution in [3.05, 3.63) is 83.5 Å². The van der Waals surface area contributed by atoms with Crippen LogP contribution in [0.25, 0.3) is 39.0 Å². The van der Waals surface area contributed by atoms with Crippen molar-refractivity contribution in [2.75, 3.05) is 24.3 Å². The maximum absolute atomic E-state index is 13.3. The SMILES string of the molecule is CN(C)c1ccc(-c2c(NCn3nnc4ccccc43)[nH]c(=O)n2-c2ccc3nc[nH]c3c2)cc1. The van der Waals surface area contributed by atoms with Crippen LogP contribution in [0.2, 0.25) is 0 Å². The molecule has 0 aliphatic rings. The number of aromatic nitrogens is 7. The van der Waals surface area contributed by atoms with Gasteiger partial charge in [-0.1, -0.05) is 29.5 Å². The first-order valence-corrected chi connectivity index (χ1v) is 11.2. The maximum Gasteiger partial charge on any atom is 0.332 e. The minimum Gasteiger partial charge on any atom is -0.378 e. The van der Waals surface area contributed by atoms with Crippen LogP contribution in [0.5, 0.6) is 0 Å². The van der Waals surface area contributed by atoms with Crippen molar-refractivity contribution >= 4 is 33.6 Å². The molecule has 0 saturated heterocycles. The number of nitrogens with zero attached hydrogens (tertiary/aromatic N) is 6. The van der Waals surface area contributed by atoms with E-state index in [1.165, 1.54) is 0 Å². The second-order valence-electron chi connectivity index (χ2n) is 8.45. The zero-order chi connectivity index (χ0) is 23.9. The Bertz CT molecular complexity index is 1700. The van der Waals surface area contributed by atoms with Gasteiger partial charge in [0, 0.05) is 25.3 Å². The van der Waals surface area contributed by atoms with Gasteiger partial charge < -0.3 is 15.2 Å². The summed E-state index contributed by atoms with van der Waals surface area (Å²) in [7, 11) is 3.99. The summed E-state index contributed by atoms with van der Waals surface area (Å²) in [6.45, 7) is 0.336. The lowest BCUT2D eigenvalue weighted by atomic mass is 10.1. The normalized spacial score (nSPS) is 11.4. The first-order chi connectivity index (χ1) is 17.1. The predicted molar refractivity (Wildman–Crippen MR) is 137 cm³/mol. The van der Waals surface area contributed by atoms with Gasteiger partial charge in [0.1, 0.15) is 18.0 Å². The fourth-order valence-electron chi connectivity index (χ4n) is 4.25. The Morgan fingerprint density at radius 3 is 2.66 bits per heavy atom. The molecule has 0 atom stereocenters. The molecule has 0 bridgehead atoms. The average Bonchev–Trinajstić information content (AvgIpc) is 3.59. The van der Waals surface area contributed by atoms with Crippen molar-refractivity contribution in [1.29, 1.82) is 0 Å². The molecule has 0 fully saturated rings. The number of H-pyrrole nitrogens is 2. The summed E-state index contributed by atoms with van der Waals surface area (Å²) in [6.07, 6.45) is 1.64. The van der Waals surface area contributed by atoms with E-state index in [9.17, 15) is 4.79 Å². The molecule has 0 amide bonds. The summed E-state index contributed by atoms with van der Waals surface area (Å²) in [6, 6.07) is 21.6. The Labute approximate surface area is 199 Å². The monoisotopic (exact) mass is 465 g/mol. The number of benzene rings is 3. The van der Waals surface area contributed by atoms with Crippen molar-refractivity contribution in [3.8, 4) is 16.9 Å². The molecule has 174 valence electrons. The van der Waals surface area contributed by atoms with E-state index in [0.29, 0.717) is 12.5 Å². The van der Waals surface area contributed by atoms with Crippen LogP contribution in [-0.2, 0) is 6.67 Å². The van der Waals surface area contributed by atoms with Crippen molar-refractivity contribution in [2.24, 2.45) is 0 Å². The summed E-state index contributed by atoms with van der Waals surface area (Å²) in [5.41, 5.74) is 6.58. The number of hydrogen-bond donors (Lipinski definition) is 3. The topological polar surface area (TPSA) is 112 Å². The number of nitrogens with one attached hydrogen (secondary N) is 3. The van der Waals surface area contributed by atoms with E-state index in [2.05, 4.69) is 30.6 Å². The van der Waals surface area contributed by atoms with Crippen LogP contribution in [-0.4, -0.2) is 48.6 Å². The molecule has 0 unspecified atom stereocenters. The van der Waals surface area contributed by atoms with Crippen LogP contribution >= 0.6 is 0 Å². The van der Waals surface area contributed by atoms with Crippen LogP contribution in [0.1, 0.15) is 0 Å². The molecule has 3 aromatic carbocycles. The molecule has 0 aliphatic carbocycles. The minimum atomic E-state index is -0.249. The molecule has 3 aromatic heterocycles. The van der Waals surface area contributed by atoms with E-state index in [-0.39, 0.29) is 5.69 Å². The lowest BCUT2D eigenvalue weighted by Gasteiger charge is -2.15. The van der Waals surface area contributed by atoms with E-state index >= 15 is 0 Å². The summed E-state index contributed by atoms with van der Waals surface area (Å²) < 4.78 is 3.44. The second kappa shape index (κ2) is 8.17. The fraction of sp³-hybridized carbons (Fsp3) is 0.120. The van der Waals surface area contributed by atoms with Crippen LogP contribution in [0.4, 0.5) is 11.5 Å². The van der Waals surface area contributed by atoms with Gasteiger partial charge in [-0.25, -0.2) is 14.5 Å². The standard InChI is InChI=1S/C25H23N9O/c1-32(2)17-9-7-16(8-10-17)23-24(28-15-33-22-6-4-3-5-20(22)30-31-33)29-25(35)34(23)18-11-12-19-21(13-18)27-14-26-19/h3-14,28H,15H2,1-2H3,(H,26,27)(H,29,35). The van der Waals surface area contributed by atoms with Gasteiger partial charge in [-0.3, -0.25) is 9.55 Å². The Morgan fingerprint density at radius 1 is 1.00 bits per heavy atom. The number of aromatic amines is 2. The van der Waals surface area contributed by atoms with Gasteiger partial charge in [-0.15, -0.1) is 5.10 Å². The summed E-state index contributed by atoms with van der Waals surface area (Å²) in [5, 5.41) is 11.8. The summed E-state index contributed by atoms with van der Waals surface area (Å²) in [5.74, 6) is 0.594. The lowest BCUT2D eigenvalue weighted by Crippen LogP contribution is -2.15. The third-order valence-electron chi connectivity index (χ3n) is 6.04. The molecular weight excluding hydrogens is 442 g/mol. The third kappa shape index (κ3) is 3.61. The van der Waals surface area contributed by atoms with Crippen molar-refractivity contribution < 1.29 is 0 Å². The molecule has 0 aliphatic heterocycles. The van der Waals surface area contributed by atoms with Crippen LogP contribution in [0.3, 0.4) is 0 Å². The van der Waals surface area contributed by atoms with Gasteiger partial charge in [-0.2, -0.15) is 0 Å². The van der Waals surface area contributed by atoms with Gasteiger partial charge in [0.2, 0.25) is 0 Å². The molecule has 0 saturated carbocycles. The van der Waals surface area contributed by atoms with Gasteiger partial charge in [0.15, 0.2) is 0 Å². The van der Waals surface area contributed by atoms with Gasteiger partial charge in [0.05, 0.1) is 34.3 Å². The molecular formula is C25H23N9O. The number of para-hydroxylation sites is 1. The van der Waals surface area contributed by atoms with E-state index in [1.807, 2.05) is 85.7 Å². The van der Waals surface area contributed by atoms with Crippen molar-refractivity contribution in [2.45, 2.75) is 6.67 Å². The Kier molecular flexibility index (Phi) is 4.84. The van der Waals surface area contributed by atoms with E-state index in [1.54, 1.807) is 15.6 Å². The van der Waals surface area contributed by atoms with Gasteiger partial charge >= 0.3 is 5.69 Å². The second-order valence-corrected chi connectivity index (χ2v) is 8.45. The Morgan fingerprint density at radius 2 is 1.83 bits per heavy atom. The zero-order valence-corrected chi connectivity index (χ0v) is 19.2. The number of rotatable bonds is 6. The summed E-state index contributed by atoms with van der Waals surface area (Å²) in [4.78, 5) is 25.7. The lowest BCUT2D eigenvalue weighted by molar-refractivity contribution is 0.654. The van der Waals surface area contributed by atoms with E-state index in [0.717, 1.165) is 44.7 Å². The Hall–Kier alpha value is -4.86. The first kappa shape index (κ1) is 20.7. The van der Waals surface area contributed by atoms with Crippen LogP contribution in [0.15, 0.2) is 77.9 Å². The molecule has 6 rings (SSSR count). The molecule has 6 aromatic rings. The highest BCUT2D eigenvalue weighted by Gasteiger charge is 2.19. The highest BCUT2D eigenvalue weighted by Crippen LogP contribution is 2.30. The number of fused-ring (bicyclic) bond motifs is 2. The fourth-order valence-corrected chi connectivity index (χ4v) is 4.25. The average molecular weight is 466 g/mol. The summed E-state index contributed by atoms with van der Waals surface area (Å²) >= 11 is 0.